The molecule has 10 aromatic carbocycles. The lowest BCUT2D eigenvalue weighted by Crippen LogP contribution is -2.01. The average molecular weight is 845 g/mol. The quantitative estimate of drug-likeness (QED) is 0.175. The summed E-state index contributed by atoms with van der Waals surface area (Å²) in [5.41, 5.74) is 9.95. The molecule has 7 nitrogen and oxygen atoms in total. The van der Waals surface area contributed by atoms with Crippen LogP contribution in [0.1, 0.15) is 0 Å². The molecule has 15 rings (SSSR count). The molecule has 0 unspecified atom stereocenters. The second kappa shape index (κ2) is 13.2. The third kappa shape index (κ3) is 4.93. The predicted octanol–water partition coefficient (Wildman–Crippen LogP) is 16.0. The van der Waals surface area contributed by atoms with Gasteiger partial charge in [-0.1, -0.05) is 133 Å². The van der Waals surface area contributed by atoms with E-state index in [2.05, 4.69) is 138 Å². The molecule has 0 radical (unpaired) electrons. The van der Waals surface area contributed by atoms with Crippen LogP contribution in [-0.2, 0) is 0 Å². The number of nitrogens with zero attached hydrogens (tertiary/aromatic N) is 4. The normalized spacial score (nSPS) is 12.2. The zero-order valence-electron chi connectivity index (χ0n) is 35.0. The first-order valence-electron chi connectivity index (χ1n) is 22.1. The van der Waals surface area contributed by atoms with Crippen LogP contribution in [0.15, 0.2) is 207 Å². The summed E-state index contributed by atoms with van der Waals surface area (Å²) in [5.74, 6) is 1.41. The first-order chi connectivity index (χ1) is 32.7. The van der Waals surface area contributed by atoms with Crippen molar-refractivity contribution in [1.82, 2.24) is 19.5 Å². The Labute approximate surface area is 374 Å². The van der Waals surface area contributed by atoms with Crippen molar-refractivity contribution in [1.29, 1.82) is 0 Å². The van der Waals surface area contributed by atoms with Crippen LogP contribution in [0.2, 0.25) is 0 Å². The van der Waals surface area contributed by atoms with E-state index < -0.39 is 0 Å². The van der Waals surface area contributed by atoms with Crippen molar-refractivity contribution in [3.63, 3.8) is 0 Å². The molecule has 0 saturated heterocycles. The standard InChI is InChI=1S/C59H32N4O3/c1-2-15-35-32-49-46(31-34(35)14-1)37-17-5-8-24-47(37)63(49)48-30-29-45(56-52(48)42-28-27-33-13-3-4-16-36(33)53(42)66-56)59-61-57(43-22-11-20-40-38-18-6-9-25-50(38)64-54(40)43)60-58(62-59)44-23-12-21-41-39-19-7-10-26-51(39)65-55(41)44/h1-32H. The number of rotatable bonds is 4. The fourth-order valence-corrected chi connectivity index (χ4v) is 10.5. The fourth-order valence-electron chi connectivity index (χ4n) is 10.5. The first-order valence-corrected chi connectivity index (χ1v) is 22.1. The Bertz CT molecular complexity index is 4420. The minimum absolute atomic E-state index is 0.462. The van der Waals surface area contributed by atoms with Crippen LogP contribution in [0.3, 0.4) is 0 Å². The third-order valence-electron chi connectivity index (χ3n) is 13.4. The van der Waals surface area contributed by atoms with Crippen LogP contribution in [0.5, 0.6) is 0 Å². The van der Waals surface area contributed by atoms with Gasteiger partial charge in [-0.25, -0.2) is 15.0 Å². The topological polar surface area (TPSA) is 83.0 Å². The molecule has 66 heavy (non-hydrogen) atoms. The maximum absolute atomic E-state index is 7.25. The summed E-state index contributed by atoms with van der Waals surface area (Å²) < 4.78 is 22.8. The van der Waals surface area contributed by atoms with Gasteiger partial charge in [0.1, 0.15) is 33.5 Å². The van der Waals surface area contributed by atoms with Crippen molar-refractivity contribution < 1.29 is 13.3 Å². The van der Waals surface area contributed by atoms with E-state index in [0.29, 0.717) is 34.2 Å². The van der Waals surface area contributed by atoms with Crippen molar-refractivity contribution in [2.45, 2.75) is 0 Å². The van der Waals surface area contributed by atoms with Gasteiger partial charge in [-0.3, -0.25) is 0 Å². The highest BCUT2D eigenvalue weighted by atomic mass is 16.3. The molecule has 7 heteroatoms. The molecule has 0 aliphatic carbocycles. The van der Waals surface area contributed by atoms with Crippen LogP contribution in [-0.4, -0.2) is 19.5 Å². The number of benzene rings is 10. The SMILES string of the molecule is c1ccc2cc3c(cc2c1)c1ccccc1n3-c1ccc(-c2nc(-c3cccc4c3oc3ccccc34)nc(-c3cccc4c3oc3ccccc34)n2)c2oc3c4ccccc4ccc3c12. The molecule has 0 saturated carbocycles. The maximum Gasteiger partial charge on any atom is 0.167 e. The van der Waals surface area contributed by atoms with Gasteiger partial charge in [0.05, 0.1) is 38.8 Å². The van der Waals surface area contributed by atoms with Gasteiger partial charge in [0.25, 0.3) is 0 Å². The second-order valence-electron chi connectivity index (χ2n) is 17.0. The van der Waals surface area contributed by atoms with Gasteiger partial charge in [0.2, 0.25) is 0 Å². The average Bonchev–Trinajstić information content (AvgIpc) is 4.15. The zero-order valence-corrected chi connectivity index (χ0v) is 35.0. The number of fused-ring (bicyclic) bond motifs is 15. The van der Waals surface area contributed by atoms with Crippen molar-refractivity contribution in [3.8, 4) is 39.9 Å². The number of aromatic nitrogens is 4. The highest BCUT2D eigenvalue weighted by molar-refractivity contribution is 6.22. The Morgan fingerprint density at radius 2 is 0.833 bits per heavy atom. The molecule has 0 aliphatic heterocycles. The Hall–Kier alpha value is -9.07. The fraction of sp³-hybridized carbons (Fsp3) is 0. The van der Waals surface area contributed by atoms with Crippen LogP contribution in [0, 0.1) is 0 Å². The van der Waals surface area contributed by atoms with Gasteiger partial charge in [0, 0.05) is 43.1 Å². The van der Waals surface area contributed by atoms with Gasteiger partial charge < -0.3 is 17.8 Å². The van der Waals surface area contributed by atoms with Gasteiger partial charge in [0.15, 0.2) is 17.5 Å². The molecular weight excluding hydrogens is 813 g/mol. The van der Waals surface area contributed by atoms with E-state index in [1.165, 1.54) is 21.5 Å². The van der Waals surface area contributed by atoms with Gasteiger partial charge in [-0.05, 0) is 76.8 Å². The summed E-state index contributed by atoms with van der Waals surface area (Å²) >= 11 is 0. The Kier molecular flexibility index (Phi) is 7.10. The van der Waals surface area contributed by atoms with E-state index in [-0.39, 0.29) is 0 Å². The van der Waals surface area contributed by atoms with E-state index in [1.54, 1.807) is 0 Å². The number of hydrogen-bond donors (Lipinski definition) is 0. The summed E-state index contributed by atoms with van der Waals surface area (Å²) in [6, 6.07) is 67.4. The molecule has 15 aromatic rings. The number of para-hydroxylation sites is 5. The summed E-state index contributed by atoms with van der Waals surface area (Å²) in [7, 11) is 0. The molecule has 0 spiro atoms. The molecule has 5 heterocycles. The largest absolute Gasteiger partial charge is 0.455 e. The molecular formula is C59H32N4O3. The molecule has 0 bridgehead atoms. The maximum atomic E-state index is 7.25. The summed E-state index contributed by atoms with van der Waals surface area (Å²) in [4.78, 5) is 16.0. The molecule has 0 aliphatic rings. The van der Waals surface area contributed by atoms with Gasteiger partial charge in [-0.2, -0.15) is 0 Å². The van der Waals surface area contributed by atoms with Crippen LogP contribution in [0.25, 0.3) is 149 Å². The van der Waals surface area contributed by atoms with E-state index in [4.69, 9.17) is 28.2 Å². The Morgan fingerprint density at radius 3 is 1.50 bits per heavy atom. The van der Waals surface area contributed by atoms with E-state index in [0.717, 1.165) is 93.2 Å². The van der Waals surface area contributed by atoms with E-state index >= 15 is 0 Å². The van der Waals surface area contributed by atoms with Crippen molar-refractivity contribution in [3.05, 3.63) is 194 Å². The van der Waals surface area contributed by atoms with Gasteiger partial charge >= 0.3 is 0 Å². The highest BCUT2D eigenvalue weighted by Crippen LogP contribution is 2.45. The molecule has 0 fully saturated rings. The Balaban J connectivity index is 1.06. The lowest BCUT2D eigenvalue weighted by Gasteiger charge is -2.13. The lowest BCUT2D eigenvalue weighted by atomic mass is 10.0. The Morgan fingerprint density at radius 1 is 0.303 bits per heavy atom. The third-order valence-corrected chi connectivity index (χ3v) is 13.4. The summed E-state index contributed by atoms with van der Waals surface area (Å²) in [6.45, 7) is 0. The van der Waals surface area contributed by atoms with Crippen LogP contribution >= 0.6 is 0 Å². The highest BCUT2D eigenvalue weighted by Gasteiger charge is 2.26. The number of furan rings is 3. The lowest BCUT2D eigenvalue weighted by molar-refractivity contribution is 0.669. The van der Waals surface area contributed by atoms with Crippen molar-refractivity contribution >= 4 is 109 Å². The van der Waals surface area contributed by atoms with Crippen molar-refractivity contribution in [2.75, 3.05) is 0 Å². The van der Waals surface area contributed by atoms with Crippen LogP contribution < -0.4 is 0 Å². The molecule has 0 atom stereocenters. The van der Waals surface area contributed by atoms with E-state index in [1.807, 2.05) is 60.7 Å². The van der Waals surface area contributed by atoms with E-state index in [9.17, 15) is 0 Å². The zero-order chi connectivity index (χ0) is 43.0. The van der Waals surface area contributed by atoms with Crippen molar-refractivity contribution in [2.24, 2.45) is 0 Å². The minimum atomic E-state index is 0.462. The summed E-state index contributed by atoms with van der Waals surface area (Å²) in [5, 5.41) is 12.9. The molecule has 0 amide bonds. The second-order valence-corrected chi connectivity index (χ2v) is 17.0. The first kappa shape index (κ1) is 35.4. The molecule has 0 N–H and O–H groups in total. The van der Waals surface area contributed by atoms with Crippen LogP contribution in [0.4, 0.5) is 0 Å². The summed E-state index contributed by atoms with van der Waals surface area (Å²) in [6.07, 6.45) is 0. The van der Waals surface area contributed by atoms with Gasteiger partial charge in [-0.15, -0.1) is 0 Å². The molecule has 5 aromatic heterocycles. The smallest absolute Gasteiger partial charge is 0.167 e. The number of hydrogen-bond acceptors (Lipinski definition) is 6. The predicted molar refractivity (Wildman–Crippen MR) is 267 cm³/mol. The minimum Gasteiger partial charge on any atom is -0.455 e. The monoisotopic (exact) mass is 844 g/mol. The molecule has 306 valence electrons.